The lowest BCUT2D eigenvalue weighted by Gasteiger charge is -2.04. The fourth-order valence-corrected chi connectivity index (χ4v) is 2.01. The molecule has 0 fully saturated rings. The van der Waals surface area contributed by atoms with Crippen LogP contribution in [0.2, 0.25) is 0 Å². The van der Waals surface area contributed by atoms with E-state index in [9.17, 15) is 9.18 Å². The predicted octanol–water partition coefficient (Wildman–Crippen LogP) is 3.21. The highest BCUT2D eigenvalue weighted by molar-refractivity contribution is 5.70. The van der Waals surface area contributed by atoms with Crippen molar-refractivity contribution in [3.05, 3.63) is 66.3 Å². The van der Waals surface area contributed by atoms with Gasteiger partial charge in [-0.25, -0.2) is 9.18 Å². The van der Waals surface area contributed by atoms with Gasteiger partial charge in [-0.1, -0.05) is 35.5 Å². The van der Waals surface area contributed by atoms with Crippen LogP contribution in [-0.2, 0) is 6.42 Å². The van der Waals surface area contributed by atoms with Crippen LogP contribution >= 0.6 is 0 Å². The maximum Gasteiger partial charge on any atom is 0.412 e. The van der Waals surface area contributed by atoms with Gasteiger partial charge in [0.05, 0.1) is 5.56 Å². The minimum Gasteiger partial charge on any atom is -0.410 e. The molecule has 0 aliphatic rings. The molecule has 1 amide bonds. The van der Waals surface area contributed by atoms with E-state index < -0.39 is 11.9 Å². The third kappa shape index (κ3) is 3.95. The minimum absolute atomic E-state index is 0.176. The molecule has 0 atom stereocenters. The standard InChI is InChI=1S/C17H14FN3O3/c18-14-9-5-4-8-13(14)16-20-15(24-21-16)10-11-19-17(22)23-12-6-2-1-3-7-12/h1-9H,10-11H2,(H,19,22). The molecule has 2 aromatic carbocycles. The number of para-hydroxylation sites is 1. The Morgan fingerprint density at radius 2 is 1.88 bits per heavy atom. The Bertz CT molecular complexity index is 821. The van der Waals surface area contributed by atoms with Crippen LogP contribution in [0, 0.1) is 5.82 Å². The summed E-state index contributed by atoms with van der Waals surface area (Å²) in [5, 5.41) is 6.32. The molecule has 0 radical (unpaired) electrons. The third-order valence-corrected chi connectivity index (χ3v) is 3.14. The van der Waals surface area contributed by atoms with E-state index in [0.29, 0.717) is 18.1 Å². The Kier molecular flexibility index (Phi) is 4.81. The Balaban J connectivity index is 1.51. The van der Waals surface area contributed by atoms with Crippen LogP contribution in [0.5, 0.6) is 5.75 Å². The van der Waals surface area contributed by atoms with Gasteiger partial charge in [-0.15, -0.1) is 0 Å². The molecule has 1 aromatic heterocycles. The van der Waals surface area contributed by atoms with E-state index in [-0.39, 0.29) is 17.9 Å². The number of nitrogens with one attached hydrogen (secondary N) is 1. The molecule has 24 heavy (non-hydrogen) atoms. The molecule has 1 N–H and O–H groups in total. The van der Waals surface area contributed by atoms with Crippen molar-refractivity contribution in [2.45, 2.75) is 6.42 Å². The molecule has 3 rings (SSSR count). The number of carbonyl (C=O) groups excluding carboxylic acids is 1. The van der Waals surface area contributed by atoms with Gasteiger partial charge in [0.1, 0.15) is 11.6 Å². The monoisotopic (exact) mass is 327 g/mol. The second-order valence-electron chi connectivity index (χ2n) is 4.87. The average Bonchev–Trinajstić information content (AvgIpc) is 3.05. The summed E-state index contributed by atoms with van der Waals surface area (Å²) in [6.07, 6.45) is -0.263. The lowest BCUT2D eigenvalue weighted by Crippen LogP contribution is -2.28. The normalized spacial score (nSPS) is 10.4. The fraction of sp³-hybridized carbons (Fsp3) is 0.118. The molecule has 0 unspecified atom stereocenters. The zero-order chi connectivity index (χ0) is 16.8. The maximum atomic E-state index is 13.7. The first-order valence-corrected chi connectivity index (χ1v) is 7.30. The largest absolute Gasteiger partial charge is 0.412 e. The Hall–Kier alpha value is -3.22. The van der Waals surface area contributed by atoms with Gasteiger partial charge in [0.15, 0.2) is 0 Å². The van der Waals surface area contributed by atoms with Gasteiger partial charge in [0.2, 0.25) is 11.7 Å². The summed E-state index contributed by atoms with van der Waals surface area (Å²) in [5.74, 6) is 0.507. The SMILES string of the molecule is O=C(NCCc1nc(-c2ccccc2F)no1)Oc1ccccc1. The van der Waals surface area contributed by atoms with E-state index >= 15 is 0 Å². The average molecular weight is 327 g/mol. The maximum absolute atomic E-state index is 13.7. The highest BCUT2D eigenvalue weighted by Gasteiger charge is 2.12. The third-order valence-electron chi connectivity index (χ3n) is 3.14. The predicted molar refractivity (Wildman–Crippen MR) is 83.9 cm³/mol. The van der Waals surface area contributed by atoms with Crippen molar-refractivity contribution in [3.8, 4) is 17.1 Å². The van der Waals surface area contributed by atoms with Crippen LogP contribution in [0.3, 0.4) is 0 Å². The second-order valence-corrected chi connectivity index (χ2v) is 4.87. The first-order valence-electron chi connectivity index (χ1n) is 7.30. The molecule has 1 heterocycles. The topological polar surface area (TPSA) is 77.3 Å². The Morgan fingerprint density at radius 1 is 1.12 bits per heavy atom. The van der Waals surface area contributed by atoms with Crippen molar-refractivity contribution in [1.82, 2.24) is 15.5 Å². The number of amides is 1. The highest BCUT2D eigenvalue weighted by Crippen LogP contribution is 2.19. The van der Waals surface area contributed by atoms with Gasteiger partial charge in [-0.3, -0.25) is 0 Å². The summed E-state index contributed by atoms with van der Waals surface area (Å²) in [7, 11) is 0. The van der Waals surface area contributed by atoms with E-state index in [1.54, 1.807) is 42.5 Å². The van der Waals surface area contributed by atoms with Crippen LogP contribution in [0.25, 0.3) is 11.4 Å². The van der Waals surface area contributed by atoms with Gasteiger partial charge in [0, 0.05) is 13.0 Å². The molecule has 0 aliphatic carbocycles. The number of nitrogens with zero attached hydrogens (tertiary/aromatic N) is 2. The van der Waals surface area contributed by atoms with Crippen molar-refractivity contribution >= 4 is 6.09 Å². The van der Waals surface area contributed by atoms with E-state index in [2.05, 4.69) is 15.5 Å². The molecule has 0 aliphatic heterocycles. The molecule has 6 nitrogen and oxygen atoms in total. The molecule has 0 spiro atoms. The summed E-state index contributed by atoms with van der Waals surface area (Å²) in [6.45, 7) is 0.255. The molecule has 122 valence electrons. The summed E-state index contributed by atoms with van der Waals surface area (Å²) in [6, 6.07) is 14.9. The minimum atomic E-state index is -0.574. The molecule has 7 heteroatoms. The van der Waals surface area contributed by atoms with Crippen molar-refractivity contribution in [1.29, 1.82) is 0 Å². The summed E-state index contributed by atoms with van der Waals surface area (Å²) in [4.78, 5) is 15.7. The molecular formula is C17H14FN3O3. The summed E-state index contributed by atoms with van der Waals surface area (Å²) in [5.41, 5.74) is 0.268. The lowest BCUT2D eigenvalue weighted by atomic mass is 10.2. The van der Waals surface area contributed by atoms with Gasteiger partial charge in [0.25, 0.3) is 0 Å². The number of rotatable bonds is 5. The molecule has 0 saturated heterocycles. The summed E-state index contributed by atoms with van der Waals surface area (Å²) < 4.78 is 23.8. The molecule has 3 aromatic rings. The van der Waals surface area contributed by atoms with Crippen LogP contribution in [0.1, 0.15) is 5.89 Å². The van der Waals surface area contributed by atoms with Crippen molar-refractivity contribution < 1.29 is 18.4 Å². The zero-order valence-corrected chi connectivity index (χ0v) is 12.6. The number of hydrogen-bond acceptors (Lipinski definition) is 5. The van der Waals surface area contributed by atoms with Crippen LogP contribution < -0.4 is 10.1 Å². The summed E-state index contributed by atoms with van der Waals surface area (Å²) >= 11 is 0. The first-order chi connectivity index (χ1) is 11.7. The van der Waals surface area contributed by atoms with Gasteiger partial charge in [-0.05, 0) is 24.3 Å². The van der Waals surface area contributed by atoms with Crippen molar-refractivity contribution in [2.75, 3.05) is 6.54 Å². The number of carbonyl (C=O) groups is 1. The van der Waals surface area contributed by atoms with Gasteiger partial charge < -0.3 is 14.6 Å². The van der Waals surface area contributed by atoms with Crippen molar-refractivity contribution in [3.63, 3.8) is 0 Å². The quantitative estimate of drug-likeness (QED) is 0.778. The van der Waals surface area contributed by atoms with Gasteiger partial charge in [-0.2, -0.15) is 4.98 Å². The molecule has 0 bridgehead atoms. The van der Waals surface area contributed by atoms with E-state index in [4.69, 9.17) is 9.26 Å². The van der Waals surface area contributed by atoms with E-state index in [1.165, 1.54) is 6.07 Å². The van der Waals surface area contributed by atoms with Gasteiger partial charge >= 0.3 is 6.09 Å². The van der Waals surface area contributed by atoms with Crippen LogP contribution in [0.15, 0.2) is 59.1 Å². The number of ether oxygens (including phenoxy) is 1. The van der Waals surface area contributed by atoms with Crippen LogP contribution in [0.4, 0.5) is 9.18 Å². The number of aromatic nitrogens is 2. The number of benzene rings is 2. The highest BCUT2D eigenvalue weighted by atomic mass is 19.1. The first kappa shape index (κ1) is 15.7. The van der Waals surface area contributed by atoms with Crippen LogP contribution in [-0.4, -0.2) is 22.8 Å². The lowest BCUT2D eigenvalue weighted by molar-refractivity contribution is 0.200. The van der Waals surface area contributed by atoms with E-state index in [0.717, 1.165) is 0 Å². The fourth-order valence-electron chi connectivity index (χ4n) is 2.01. The Morgan fingerprint density at radius 3 is 2.67 bits per heavy atom. The Labute approximate surface area is 137 Å². The molecular weight excluding hydrogens is 313 g/mol. The second kappa shape index (κ2) is 7.36. The zero-order valence-electron chi connectivity index (χ0n) is 12.6. The number of hydrogen-bond donors (Lipinski definition) is 1. The smallest absolute Gasteiger partial charge is 0.410 e. The van der Waals surface area contributed by atoms with Crippen molar-refractivity contribution in [2.24, 2.45) is 0 Å². The number of halogens is 1. The molecule has 0 saturated carbocycles. The van der Waals surface area contributed by atoms with E-state index in [1.807, 2.05) is 6.07 Å².